The summed E-state index contributed by atoms with van der Waals surface area (Å²) < 4.78 is 27.1. The molecule has 0 spiro atoms. The largest absolute Gasteiger partial charge is 0.508 e. The zero-order chi connectivity index (χ0) is 30.0. The molecule has 0 radical (unpaired) electrons. The number of ether oxygens (including phenoxy) is 2. The number of aromatic hydroxyl groups is 1. The molecule has 2 N–H and O–H groups in total. The van der Waals surface area contributed by atoms with Crippen molar-refractivity contribution in [3.05, 3.63) is 47.0 Å². The van der Waals surface area contributed by atoms with E-state index in [1.165, 1.54) is 0 Å². The number of nitrogens with zero attached hydrogens (tertiary/aromatic N) is 4. The van der Waals surface area contributed by atoms with Gasteiger partial charge in [0.2, 0.25) is 0 Å². The summed E-state index contributed by atoms with van der Waals surface area (Å²) in [5.41, 5.74) is 2.51. The Morgan fingerprint density at radius 2 is 2.11 bits per heavy atom. The van der Waals surface area contributed by atoms with Crippen LogP contribution in [0.4, 0.5) is 10.2 Å². The number of terminal acetylenes is 1. The van der Waals surface area contributed by atoms with E-state index >= 15 is 0 Å². The van der Waals surface area contributed by atoms with Gasteiger partial charge in [0, 0.05) is 54.7 Å². The number of phenolic OH excluding ortho intramolecular Hbond substituents is 1. The molecule has 3 fully saturated rings. The molecule has 3 saturated heterocycles. The lowest BCUT2D eigenvalue weighted by molar-refractivity contribution is 0.146. The van der Waals surface area contributed by atoms with Crippen molar-refractivity contribution >= 4 is 39.1 Å². The molecule has 8 rings (SSSR count). The van der Waals surface area contributed by atoms with E-state index in [2.05, 4.69) is 21.0 Å². The van der Waals surface area contributed by atoms with Crippen LogP contribution in [0.2, 0.25) is 5.02 Å². The second-order valence-electron chi connectivity index (χ2n) is 12.4. The molecule has 44 heavy (non-hydrogen) atoms. The Balaban J connectivity index is 1.26. The molecule has 4 aromatic rings. The zero-order valence-electron chi connectivity index (χ0n) is 24.3. The van der Waals surface area contributed by atoms with E-state index in [9.17, 15) is 9.50 Å². The average Bonchev–Trinajstić information content (AvgIpc) is 3.48. The van der Waals surface area contributed by atoms with Gasteiger partial charge in [0.1, 0.15) is 24.3 Å². The number of benzene rings is 3. The van der Waals surface area contributed by atoms with Gasteiger partial charge < -0.3 is 24.8 Å². The van der Waals surface area contributed by atoms with Crippen molar-refractivity contribution in [3.8, 4) is 41.0 Å². The number of nitrogens with one attached hydrogen (secondary N) is 1. The number of phenols is 1. The molecule has 5 heterocycles. The quantitative estimate of drug-likeness (QED) is 0.293. The van der Waals surface area contributed by atoms with Crippen molar-refractivity contribution in [3.63, 3.8) is 0 Å². The molecular weight excluding hydrogens is 581 g/mol. The Morgan fingerprint density at radius 1 is 1.20 bits per heavy atom. The Labute approximate surface area is 260 Å². The molecule has 10 heteroatoms. The molecule has 3 aromatic carbocycles. The Kier molecular flexibility index (Phi) is 6.70. The normalized spacial score (nSPS) is 24.5. The Morgan fingerprint density at radius 3 is 3.00 bits per heavy atom. The molecule has 3 atom stereocenters. The molecule has 0 amide bonds. The van der Waals surface area contributed by atoms with Crippen molar-refractivity contribution in [1.82, 2.24) is 20.2 Å². The van der Waals surface area contributed by atoms with Crippen LogP contribution >= 0.6 is 11.6 Å². The number of fused-ring (bicyclic) bond motifs is 4. The summed E-state index contributed by atoms with van der Waals surface area (Å²) in [7, 11) is 0. The van der Waals surface area contributed by atoms with Crippen LogP contribution in [0.5, 0.6) is 17.5 Å². The van der Waals surface area contributed by atoms with Crippen molar-refractivity contribution in [2.75, 3.05) is 50.8 Å². The van der Waals surface area contributed by atoms with E-state index in [0.29, 0.717) is 59.2 Å². The number of alkyl halides is 1. The maximum absolute atomic E-state index is 14.4. The second kappa shape index (κ2) is 10.7. The fraction of sp³-hybridized carbons (Fsp3) is 0.412. The standard InChI is InChI=1S/C34H33ClFN5O3/c1-2-20-5-3-6-21-13-24(42)14-25(28(20)21)26-15-27-29-31(30(26)35)44-19-23-17-37-9-11-41(23)32(29)39-33(38-27)43-12-8-34-7-4-10-40(34)18-22(36)16-34/h1,3,5-6,13-15,22-23,37,42H,4,7-12,16-19H2. The molecule has 0 bridgehead atoms. The molecule has 4 aliphatic rings. The fourth-order valence-electron chi connectivity index (χ4n) is 7.86. The monoisotopic (exact) mass is 613 g/mol. The highest BCUT2D eigenvalue weighted by Crippen LogP contribution is 2.49. The number of piperazine rings is 1. The molecular formula is C34H33ClFN5O3. The van der Waals surface area contributed by atoms with Crippen molar-refractivity contribution in [2.24, 2.45) is 0 Å². The van der Waals surface area contributed by atoms with E-state index in [0.717, 1.165) is 67.4 Å². The number of aromatic nitrogens is 2. The topological polar surface area (TPSA) is 83.0 Å². The minimum absolute atomic E-state index is 0.0437. The SMILES string of the molecule is C#Cc1cccc2cc(O)cc(-c3cc4nc(OCCC56CCCN5CC(F)C6)nc5c4c(c3Cl)OCC3CNCCN53)c12. The molecule has 8 nitrogen and oxygen atoms in total. The summed E-state index contributed by atoms with van der Waals surface area (Å²) in [6.07, 6.45) is 8.49. The maximum atomic E-state index is 14.4. The van der Waals surface area contributed by atoms with Gasteiger partial charge in [-0.3, -0.25) is 4.90 Å². The van der Waals surface area contributed by atoms with Crippen LogP contribution in [-0.2, 0) is 0 Å². The van der Waals surface area contributed by atoms with Gasteiger partial charge in [-0.1, -0.05) is 29.7 Å². The number of hydrogen-bond acceptors (Lipinski definition) is 8. The Hall–Kier alpha value is -3.84. The highest BCUT2D eigenvalue weighted by Gasteiger charge is 2.48. The van der Waals surface area contributed by atoms with Gasteiger partial charge in [-0.25, -0.2) is 4.39 Å². The van der Waals surface area contributed by atoms with Crippen LogP contribution < -0.4 is 19.7 Å². The molecule has 1 aromatic heterocycles. The summed E-state index contributed by atoms with van der Waals surface area (Å²) in [6.45, 7) is 4.56. The van der Waals surface area contributed by atoms with E-state index in [1.807, 2.05) is 24.3 Å². The number of rotatable bonds is 5. The number of halogens is 2. The lowest BCUT2D eigenvalue weighted by Crippen LogP contribution is -2.53. The Bertz CT molecular complexity index is 1850. The minimum Gasteiger partial charge on any atom is -0.508 e. The number of hydrogen-bond donors (Lipinski definition) is 2. The van der Waals surface area contributed by atoms with Crippen molar-refractivity contribution in [2.45, 2.75) is 43.4 Å². The highest BCUT2D eigenvalue weighted by molar-refractivity contribution is 6.37. The molecule has 0 saturated carbocycles. The summed E-state index contributed by atoms with van der Waals surface area (Å²) >= 11 is 7.19. The summed E-state index contributed by atoms with van der Waals surface area (Å²) in [4.78, 5) is 14.4. The van der Waals surface area contributed by atoms with E-state index < -0.39 is 6.17 Å². The summed E-state index contributed by atoms with van der Waals surface area (Å²) in [5, 5.41) is 16.9. The summed E-state index contributed by atoms with van der Waals surface area (Å²) in [6, 6.07) is 11.3. The van der Waals surface area contributed by atoms with Crippen LogP contribution in [0.15, 0.2) is 36.4 Å². The highest BCUT2D eigenvalue weighted by atomic mass is 35.5. The van der Waals surface area contributed by atoms with Gasteiger partial charge in [-0.05, 0) is 61.0 Å². The fourth-order valence-corrected chi connectivity index (χ4v) is 8.17. The lowest BCUT2D eigenvalue weighted by Gasteiger charge is -2.35. The van der Waals surface area contributed by atoms with Gasteiger partial charge in [0.25, 0.3) is 0 Å². The molecule has 226 valence electrons. The third kappa shape index (κ3) is 4.42. The second-order valence-corrected chi connectivity index (χ2v) is 12.7. The predicted octanol–water partition coefficient (Wildman–Crippen LogP) is 5.31. The van der Waals surface area contributed by atoms with Gasteiger partial charge in [0.15, 0.2) is 5.75 Å². The van der Waals surface area contributed by atoms with Crippen molar-refractivity contribution in [1.29, 1.82) is 0 Å². The maximum Gasteiger partial charge on any atom is 0.318 e. The smallest absolute Gasteiger partial charge is 0.318 e. The third-order valence-corrected chi connectivity index (χ3v) is 10.2. The van der Waals surface area contributed by atoms with Crippen molar-refractivity contribution < 1.29 is 19.0 Å². The van der Waals surface area contributed by atoms with E-state index in [-0.39, 0.29) is 23.3 Å². The minimum atomic E-state index is -0.782. The first kappa shape index (κ1) is 27.7. The van der Waals surface area contributed by atoms with Crippen LogP contribution in [0.25, 0.3) is 32.8 Å². The van der Waals surface area contributed by atoms with Gasteiger partial charge in [-0.15, -0.1) is 6.42 Å². The van der Waals surface area contributed by atoms with Gasteiger partial charge >= 0.3 is 6.01 Å². The van der Waals surface area contributed by atoms with Gasteiger partial charge in [-0.2, -0.15) is 9.97 Å². The number of anilines is 1. The van der Waals surface area contributed by atoms with Crippen LogP contribution in [-0.4, -0.2) is 83.7 Å². The predicted molar refractivity (Wildman–Crippen MR) is 170 cm³/mol. The molecule has 0 aliphatic carbocycles. The first-order chi connectivity index (χ1) is 21.4. The third-order valence-electron chi connectivity index (χ3n) is 9.85. The average molecular weight is 614 g/mol. The first-order valence-corrected chi connectivity index (χ1v) is 15.7. The van der Waals surface area contributed by atoms with Crippen LogP contribution in [0.1, 0.15) is 31.2 Å². The van der Waals surface area contributed by atoms with Crippen LogP contribution in [0, 0.1) is 12.3 Å². The van der Waals surface area contributed by atoms with E-state index in [1.54, 1.807) is 12.1 Å². The summed E-state index contributed by atoms with van der Waals surface area (Å²) in [5.74, 6) is 4.11. The zero-order valence-corrected chi connectivity index (χ0v) is 25.0. The van der Waals surface area contributed by atoms with Gasteiger partial charge in [0.05, 0.1) is 28.6 Å². The van der Waals surface area contributed by atoms with E-state index in [4.69, 9.17) is 37.5 Å². The molecule has 3 unspecified atom stereocenters. The first-order valence-electron chi connectivity index (χ1n) is 15.3. The lowest BCUT2D eigenvalue weighted by atomic mass is 9.90. The van der Waals surface area contributed by atoms with Crippen LogP contribution in [0.3, 0.4) is 0 Å². The molecule has 4 aliphatic heterocycles.